The predicted molar refractivity (Wildman–Crippen MR) is 160 cm³/mol. The Bertz CT molecular complexity index is 399. The molecule has 0 aromatic rings. The summed E-state index contributed by atoms with van der Waals surface area (Å²) in [5.41, 5.74) is 0. The molecular weight excluding hydrogens is 444 g/mol. The second kappa shape index (κ2) is 17.4. The van der Waals surface area contributed by atoms with Gasteiger partial charge in [0.25, 0.3) is 0 Å². The molecule has 1 saturated heterocycles. The highest BCUT2D eigenvalue weighted by Gasteiger charge is 2.21. The maximum absolute atomic E-state index is 2.70. The summed E-state index contributed by atoms with van der Waals surface area (Å²) >= 11 is 0. The van der Waals surface area contributed by atoms with Gasteiger partial charge in [0, 0.05) is 115 Å². The summed E-state index contributed by atoms with van der Waals surface area (Å²) in [6.45, 7) is 42.3. The Kier molecular flexibility index (Phi) is 16.3. The van der Waals surface area contributed by atoms with Crippen LogP contribution in [-0.2, 0) is 0 Å². The van der Waals surface area contributed by atoms with Crippen molar-refractivity contribution in [1.29, 1.82) is 0 Å². The van der Waals surface area contributed by atoms with Gasteiger partial charge in [-0.1, -0.05) is 0 Å². The van der Waals surface area contributed by atoms with Crippen LogP contribution in [-0.4, -0.2) is 144 Å². The van der Waals surface area contributed by atoms with Crippen LogP contribution in [0, 0.1) is 0 Å². The average molecular weight is 511 g/mol. The van der Waals surface area contributed by atoms with Gasteiger partial charge in [0.05, 0.1) is 0 Å². The molecule has 0 bridgehead atoms. The largest absolute Gasteiger partial charge is 0.298 e. The van der Waals surface area contributed by atoms with E-state index in [1.165, 1.54) is 0 Å². The van der Waals surface area contributed by atoms with Gasteiger partial charge in [-0.25, -0.2) is 0 Å². The quantitative estimate of drug-likeness (QED) is 0.528. The molecule has 0 amide bonds. The third-order valence-corrected chi connectivity index (χ3v) is 8.43. The fourth-order valence-corrected chi connectivity index (χ4v) is 5.31. The van der Waals surface area contributed by atoms with E-state index in [1.807, 2.05) is 0 Å². The Hall–Kier alpha value is -0.240. The molecule has 0 unspecified atom stereocenters. The molecule has 0 spiro atoms. The molecule has 216 valence electrons. The summed E-state index contributed by atoms with van der Waals surface area (Å²) in [5, 5.41) is 0. The Labute approximate surface area is 227 Å². The summed E-state index contributed by atoms with van der Waals surface area (Å²) in [6.07, 6.45) is 0. The highest BCUT2D eigenvalue weighted by atomic mass is 15.3. The minimum Gasteiger partial charge on any atom is -0.298 e. The summed E-state index contributed by atoms with van der Waals surface area (Å²) in [4.78, 5) is 16.2. The van der Waals surface area contributed by atoms with Crippen LogP contribution in [0.3, 0.4) is 0 Å². The lowest BCUT2D eigenvalue weighted by Gasteiger charge is -2.38. The first-order valence-electron chi connectivity index (χ1n) is 15.3. The van der Waals surface area contributed by atoms with E-state index in [9.17, 15) is 0 Å². The molecule has 1 heterocycles. The molecular formula is C30H66N6. The smallest absolute Gasteiger partial charge is 0.0113 e. The van der Waals surface area contributed by atoms with Crippen LogP contribution in [0.5, 0.6) is 0 Å². The Balaban J connectivity index is 3.12. The van der Waals surface area contributed by atoms with Crippen molar-refractivity contribution in [3.05, 3.63) is 0 Å². The van der Waals surface area contributed by atoms with E-state index < -0.39 is 0 Å². The zero-order valence-electron chi connectivity index (χ0n) is 26.6. The highest BCUT2D eigenvalue weighted by molar-refractivity contribution is 4.77. The van der Waals surface area contributed by atoms with Crippen molar-refractivity contribution in [2.24, 2.45) is 0 Å². The van der Waals surface area contributed by atoms with Crippen LogP contribution in [0.4, 0.5) is 0 Å². The van der Waals surface area contributed by atoms with Gasteiger partial charge < -0.3 is 0 Å². The van der Waals surface area contributed by atoms with Crippen molar-refractivity contribution >= 4 is 0 Å². The molecule has 6 heteroatoms. The summed E-state index contributed by atoms with van der Waals surface area (Å²) in [5.74, 6) is 0. The Morgan fingerprint density at radius 2 is 0.306 bits per heavy atom. The first kappa shape index (κ1) is 33.8. The number of rotatable bonds is 6. The lowest BCUT2D eigenvalue weighted by atomic mass is 10.2. The van der Waals surface area contributed by atoms with Crippen LogP contribution in [0.25, 0.3) is 0 Å². The van der Waals surface area contributed by atoms with Crippen LogP contribution in [0.15, 0.2) is 0 Å². The maximum atomic E-state index is 2.70. The molecule has 1 rings (SSSR count). The van der Waals surface area contributed by atoms with Gasteiger partial charge >= 0.3 is 0 Å². The molecule has 1 fully saturated rings. The molecule has 36 heavy (non-hydrogen) atoms. The Morgan fingerprint density at radius 3 is 0.361 bits per heavy atom. The van der Waals surface area contributed by atoms with E-state index in [1.54, 1.807) is 0 Å². The number of hydrogen-bond donors (Lipinski definition) is 0. The normalized spacial score (nSPS) is 22.5. The molecule has 1 aliphatic heterocycles. The number of hydrogen-bond acceptors (Lipinski definition) is 6. The van der Waals surface area contributed by atoms with Crippen LogP contribution >= 0.6 is 0 Å². The van der Waals surface area contributed by atoms with Crippen molar-refractivity contribution in [2.75, 3.05) is 78.5 Å². The van der Waals surface area contributed by atoms with Crippen LogP contribution < -0.4 is 0 Å². The fourth-order valence-electron chi connectivity index (χ4n) is 5.31. The summed E-state index contributed by atoms with van der Waals surface area (Å²) < 4.78 is 0. The van der Waals surface area contributed by atoms with Gasteiger partial charge in [-0.2, -0.15) is 0 Å². The standard InChI is InChI=1S/C30H66N6/c1-25(2)31-13-15-32(26(3)4)17-19-34(28(7)8)21-23-36(30(11)12)24-22-35(29(9)10)20-18-33(16-14-31)27(5)6/h25-30H,13-24H2,1-12H3. The topological polar surface area (TPSA) is 19.4 Å². The van der Waals surface area contributed by atoms with Gasteiger partial charge in [-0.15, -0.1) is 0 Å². The lowest BCUT2D eigenvalue weighted by Crippen LogP contribution is -2.50. The van der Waals surface area contributed by atoms with Crippen LogP contribution in [0.2, 0.25) is 0 Å². The monoisotopic (exact) mass is 511 g/mol. The van der Waals surface area contributed by atoms with Gasteiger partial charge in [-0.3, -0.25) is 29.4 Å². The Morgan fingerprint density at radius 1 is 0.222 bits per heavy atom. The van der Waals surface area contributed by atoms with E-state index >= 15 is 0 Å². The molecule has 6 nitrogen and oxygen atoms in total. The number of nitrogens with zero attached hydrogens (tertiary/aromatic N) is 6. The average Bonchev–Trinajstić information content (AvgIpc) is 2.76. The fraction of sp³-hybridized carbons (Fsp3) is 1.00. The van der Waals surface area contributed by atoms with Crippen molar-refractivity contribution in [3.63, 3.8) is 0 Å². The molecule has 0 aromatic carbocycles. The van der Waals surface area contributed by atoms with Crippen molar-refractivity contribution in [2.45, 2.75) is 119 Å². The first-order chi connectivity index (χ1) is 16.8. The third-order valence-electron chi connectivity index (χ3n) is 8.43. The molecule has 0 atom stereocenters. The van der Waals surface area contributed by atoms with Gasteiger partial charge in [0.1, 0.15) is 0 Å². The van der Waals surface area contributed by atoms with E-state index in [2.05, 4.69) is 112 Å². The predicted octanol–water partition coefficient (Wildman–Crippen LogP) is 4.26. The van der Waals surface area contributed by atoms with E-state index in [0.29, 0.717) is 36.3 Å². The molecule has 0 aliphatic carbocycles. The van der Waals surface area contributed by atoms with Crippen molar-refractivity contribution in [1.82, 2.24) is 29.4 Å². The van der Waals surface area contributed by atoms with Gasteiger partial charge in [0.15, 0.2) is 0 Å². The first-order valence-corrected chi connectivity index (χ1v) is 15.3. The highest BCUT2D eigenvalue weighted by Crippen LogP contribution is 2.10. The molecule has 0 radical (unpaired) electrons. The van der Waals surface area contributed by atoms with Crippen molar-refractivity contribution in [3.8, 4) is 0 Å². The minimum atomic E-state index is 0.583. The summed E-state index contributed by atoms with van der Waals surface area (Å²) in [6, 6.07) is 3.50. The summed E-state index contributed by atoms with van der Waals surface area (Å²) in [7, 11) is 0. The lowest BCUT2D eigenvalue weighted by molar-refractivity contribution is 0.0887. The molecule has 0 aromatic heterocycles. The molecule has 1 aliphatic rings. The SMILES string of the molecule is CC(C)N1CCN(C(C)C)CCN(C(C)C)CCN(C(C)C)CCN(C(C)C)CCN(C(C)C)CC1. The molecule has 0 saturated carbocycles. The van der Waals surface area contributed by atoms with E-state index in [0.717, 1.165) is 78.5 Å². The third kappa shape index (κ3) is 12.5. The van der Waals surface area contributed by atoms with Gasteiger partial charge in [-0.05, 0) is 83.1 Å². The second-order valence-corrected chi connectivity index (χ2v) is 12.8. The van der Waals surface area contributed by atoms with Crippen LogP contribution in [0.1, 0.15) is 83.1 Å². The minimum absolute atomic E-state index is 0.583. The zero-order chi connectivity index (χ0) is 27.4. The van der Waals surface area contributed by atoms with Crippen molar-refractivity contribution < 1.29 is 0 Å². The van der Waals surface area contributed by atoms with E-state index in [4.69, 9.17) is 0 Å². The molecule has 0 N–H and O–H groups in total. The maximum Gasteiger partial charge on any atom is 0.0113 e. The van der Waals surface area contributed by atoms with E-state index in [-0.39, 0.29) is 0 Å². The van der Waals surface area contributed by atoms with Gasteiger partial charge in [0.2, 0.25) is 0 Å². The zero-order valence-corrected chi connectivity index (χ0v) is 26.6. The second-order valence-electron chi connectivity index (χ2n) is 12.8.